The van der Waals surface area contributed by atoms with Gasteiger partial charge in [-0.2, -0.15) is 0 Å². The number of rotatable bonds is 3. The maximum atomic E-state index is 12.2. The molecule has 0 aromatic heterocycles. The van der Waals surface area contributed by atoms with E-state index in [2.05, 4.69) is 12.2 Å². The third-order valence-corrected chi connectivity index (χ3v) is 4.53. The average Bonchev–Trinajstić information content (AvgIpc) is 2.45. The molecule has 2 unspecified atom stereocenters. The van der Waals surface area contributed by atoms with Crippen LogP contribution in [0.4, 0.5) is 4.79 Å². The topological polar surface area (TPSA) is 32.3 Å². The van der Waals surface area contributed by atoms with Gasteiger partial charge in [0.1, 0.15) is 0 Å². The van der Waals surface area contributed by atoms with E-state index in [-0.39, 0.29) is 6.03 Å². The SMILES string of the molecule is CC1CCCC(N(C)C(=O)NCc2ccccc2Cl)C1. The Morgan fingerprint density at radius 1 is 1.40 bits per heavy atom. The van der Waals surface area contributed by atoms with Gasteiger partial charge in [-0.3, -0.25) is 0 Å². The number of nitrogens with zero attached hydrogens (tertiary/aromatic N) is 1. The molecule has 0 saturated heterocycles. The van der Waals surface area contributed by atoms with Gasteiger partial charge in [0.2, 0.25) is 0 Å². The molecule has 0 bridgehead atoms. The first-order valence-corrected chi connectivity index (χ1v) is 7.69. The largest absolute Gasteiger partial charge is 0.334 e. The summed E-state index contributed by atoms with van der Waals surface area (Å²) < 4.78 is 0. The van der Waals surface area contributed by atoms with Gasteiger partial charge in [0.25, 0.3) is 0 Å². The Balaban J connectivity index is 1.86. The number of carbonyl (C=O) groups is 1. The van der Waals surface area contributed by atoms with Crippen molar-refractivity contribution in [3.05, 3.63) is 34.9 Å². The summed E-state index contributed by atoms with van der Waals surface area (Å²) in [6.45, 7) is 2.74. The van der Waals surface area contributed by atoms with Crippen molar-refractivity contribution in [2.75, 3.05) is 7.05 Å². The van der Waals surface area contributed by atoms with Crippen LogP contribution in [0.25, 0.3) is 0 Å². The van der Waals surface area contributed by atoms with Crippen LogP contribution in [-0.4, -0.2) is 24.0 Å². The maximum absolute atomic E-state index is 12.2. The van der Waals surface area contributed by atoms with E-state index >= 15 is 0 Å². The Bertz CT molecular complexity index is 464. The first kappa shape index (κ1) is 15.2. The van der Waals surface area contributed by atoms with Crippen molar-refractivity contribution in [2.45, 2.75) is 45.2 Å². The van der Waals surface area contributed by atoms with Gasteiger partial charge in [-0.25, -0.2) is 4.79 Å². The summed E-state index contributed by atoms with van der Waals surface area (Å²) in [5.41, 5.74) is 0.952. The fourth-order valence-corrected chi connectivity index (χ4v) is 3.06. The van der Waals surface area contributed by atoms with Crippen LogP contribution < -0.4 is 5.32 Å². The van der Waals surface area contributed by atoms with Crippen molar-refractivity contribution in [1.82, 2.24) is 10.2 Å². The van der Waals surface area contributed by atoms with Gasteiger partial charge in [0.05, 0.1) is 0 Å². The van der Waals surface area contributed by atoms with Crippen LogP contribution in [0.1, 0.15) is 38.2 Å². The summed E-state index contributed by atoms with van der Waals surface area (Å²) in [6, 6.07) is 7.96. The second-order valence-corrected chi connectivity index (χ2v) is 6.19. The first-order valence-electron chi connectivity index (χ1n) is 7.32. The van der Waals surface area contributed by atoms with Crippen LogP contribution in [0.3, 0.4) is 0 Å². The van der Waals surface area contributed by atoms with Gasteiger partial charge in [-0.05, 0) is 30.4 Å². The van der Waals surface area contributed by atoms with Crippen molar-refractivity contribution in [3.63, 3.8) is 0 Å². The number of nitrogens with one attached hydrogen (secondary N) is 1. The molecule has 1 fully saturated rings. The highest BCUT2D eigenvalue weighted by Crippen LogP contribution is 2.26. The molecule has 4 heteroatoms. The number of benzene rings is 1. The van der Waals surface area contributed by atoms with Crippen molar-refractivity contribution in [3.8, 4) is 0 Å². The number of halogens is 1. The van der Waals surface area contributed by atoms with E-state index < -0.39 is 0 Å². The fraction of sp³-hybridized carbons (Fsp3) is 0.562. The molecule has 3 nitrogen and oxygen atoms in total. The van der Waals surface area contributed by atoms with Crippen LogP contribution >= 0.6 is 11.6 Å². The Hall–Kier alpha value is -1.22. The lowest BCUT2D eigenvalue weighted by molar-refractivity contribution is 0.160. The molecule has 2 rings (SSSR count). The predicted octanol–water partition coefficient (Wildman–Crippen LogP) is 4.06. The second-order valence-electron chi connectivity index (χ2n) is 5.79. The molecule has 2 amide bonds. The first-order chi connectivity index (χ1) is 9.58. The second kappa shape index (κ2) is 6.98. The van der Waals surface area contributed by atoms with E-state index in [0.717, 1.165) is 18.4 Å². The Kier molecular flexibility index (Phi) is 5.30. The minimum absolute atomic E-state index is 0.0102. The number of hydrogen-bond donors (Lipinski definition) is 1. The Morgan fingerprint density at radius 3 is 2.85 bits per heavy atom. The minimum atomic E-state index is -0.0102. The molecule has 2 atom stereocenters. The molecule has 20 heavy (non-hydrogen) atoms. The van der Waals surface area contributed by atoms with Crippen LogP contribution in [0, 0.1) is 5.92 Å². The monoisotopic (exact) mass is 294 g/mol. The zero-order valence-corrected chi connectivity index (χ0v) is 13.0. The molecular formula is C16H23ClN2O. The standard InChI is InChI=1S/C16H23ClN2O/c1-12-6-5-8-14(10-12)19(2)16(20)18-11-13-7-3-4-9-15(13)17/h3-4,7,9,12,14H,5-6,8,10-11H2,1-2H3,(H,18,20). The van der Waals surface area contributed by atoms with Crippen molar-refractivity contribution in [1.29, 1.82) is 0 Å². The lowest BCUT2D eigenvalue weighted by Gasteiger charge is -2.34. The van der Waals surface area contributed by atoms with Crippen LogP contribution in [0.5, 0.6) is 0 Å². The molecule has 1 aliphatic carbocycles. The van der Waals surface area contributed by atoms with Crippen molar-refractivity contribution >= 4 is 17.6 Å². The van der Waals surface area contributed by atoms with E-state index in [0.29, 0.717) is 23.5 Å². The van der Waals surface area contributed by atoms with E-state index in [1.54, 1.807) is 0 Å². The van der Waals surface area contributed by atoms with Crippen molar-refractivity contribution in [2.24, 2.45) is 5.92 Å². The molecule has 1 N–H and O–H groups in total. The molecule has 1 aliphatic rings. The highest BCUT2D eigenvalue weighted by atomic mass is 35.5. The quantitative estimate of drug-likeness (QED) is 0.896. The summed E-state index contributed by atoms with van der Waals surface area (Å²) in [7, 11) is 1.89. The molecule has 0 radical (unpaired) electrons. The zero-order chi connectivity index (χ0) is 14.5. The van der Waals surface area contributed by atoms with Gasteiger partial charge in [-0.15, -0.1) is 0 Å². The number of amides is 2. The van der Waals surface area contributed by atoms with E-state index in [1.807, 2.05) is 36.2 Å². The predicted molar refractivity (Wildman–Crippen MR) is 82.9 cm³/mol. The third kappa shape index (κ3) is 3.89. The molecule has 1 aromatic carbocycles. The average molecular weight is 295 g/mol. The fourth-order valence-electron chi connectivity index (χ4n) is 2.86. The Morgan fingerprint density at radius 2 is 2.15 bits per heavy atom. The number of urea groups is 1. The normalized spacial score (nSPS) is 22.4. The minimum Gasteiger partial charge on any atom is -0.334 e. The maximum Gasteiger partial charge on any atom is 0.317 e. The van der Waals surface area contributed by atoms with Crippen molar-refractivity contribution < 1.29 is 4.79 Å². The summed E-state index contributed by atoms with van der Waals surface area (Å²) in [5.74, 6) is 0.715. The highest BCUT2D eigenvalue weighted by molar-refractivity contribution is 6.31. The van der Waals surface area contributed by atoms with Gasteiger partial charge < -0.3 is 10.2 Å². The van der Waals surface area contributed by atoms with E-state index in [1.165, 1.54) is 12.8 Å². The van der Waals surface area contributed by atoms with Crippen LogP contribution in [0.15, 0.2) is 24.3 Å². The summed E-state index contributed by atoms with van der Waals surface area (Å²) in [4.78, 5) is 14.1. The van der Waals surface area contributed by atoms with Crippen LogP contribution in [0.2, 0.25) is 5.02 Å². The summed E-state index contributed by atoms with van der Waals surface area (Å²) in [5, 5.41) is 3.65. The molecular weight excluding hydrogens is 272 g/mol. The summed E-state index contributed by atoms with van der Waals surface area (Å²) in [6.07, 6.45) is 4.72. The summed E-state index contributed by atoms with van der Waals surface area (Å²) >= 11 is 6.09. The van der Waals surface area contributed by atoms with Gasteiger partial charge in [-0.1, -0.05) is 49.6 Å². The number of carbonyl (C=O) groups excluding carboxylic acids is 1. The molecule has 0 spiro atoms. The third-order valence-electron chi connectivity index (χ3n) is 4.16. The smallest absolute Gasteiger partial charge is 0.317 e. The highest BCUT2D eigenvalue weighted by Gasteiger charge is 2.25. The lowest BCUT2D eigenvalue weighted by Crippen LogP contribution is -2.45. The molecule has 1 aromatic rings. The van der Waals surface area contributed by atoms with E-state index in [4.69, 9.17) is 11.6 Å². The zero-order valence-electron chi connectivity index (χ0n) is 12.2. The molecule has 1 saturated carbocycles. The van der Waals surface area contributed by atoms with Gasteiger partial charge in [0.15, 0.2) is 0 Å². The van der Waals surface area contributed by atoms with Gasteiger partial charge in [0, 0.05) is 24.7 Å². The van der Waals surface area contributed by atoms with Crippen LogP contribution in [-0.2, 0) is 6.54 Å². The molecule has 0 heterocycles. The van der Waals surface area contributed by atoms with Gasteiger partial charge >= 0.3 is 6.03 Å². The van der Waals surface area contributed by atoms with E-state index in [9.17, 15) is 4.79 Å². The number of hydrogen-bond acceptors (Lipinski definition) is 1. The Labute approximate surface area is 126 Å². The molecule has 0 aliphatic heterocycles. The molecule has 110 valence electrons. The lowest BCUT2D eigenvalue weighted by atomic mass is 9.86.